The minimum Gasteiger partial charge on any atom is -0.438 e. The van der Waals surface area contributed by atoms with Gasteiger partial charge in [-0.1, -0.05) is 6.92 Å². The van der Waals surface area contributed by atoms with Gasteiger partial charge in [-0.15, -0.1) is 0 Å². The molecule has 5 nitrogen and oxygen atoms in total. The molecule has 1 aliphatic carbocycles. The number of nitriles is 1. The number of anilines is 1. The van der Waals surface area contributed by atoms with Gasteiger partial charge < -0.3 is 10.1 Å². The number of ether oxygens (including phenoxy) is 1. The third-order valence-electron chi connectivity index (χ3n) is 4.01. The van der Waals surface area contributed by atoms with Crippen molar-refractivity contribution >= 4 is 11.6 Å². The Bertz CT molecular complexity index is 795. The third-order valence-corrected chi connectivity index (χ3v) is 4.01. The SMILES string of the molecule is Cc1cc(Oc2ncccc2C#N)ccc1NC(=O)[C@@H]1C[C@H]1C. The minimum absolute atomic E-state index is 0.0748. The van der Waals surface area contributed by atoms with Crippen molar-refractivity contribution in [2.75, 3.05) is 5.32 Å². The van der Waals surface area contributed by atoms with Crippen LogP contribution < -0.4 is 10.1 Å². The number of nitrogens with zero attached hydrogens (tertiary/aromatic N) is 2. The lowest BCUT2D eigenvalue weighted by Crippen LogP contribution is -2.15. The van der Waals surface area contributed by atoms with Crippen LogP contribution in [0.3, 0.4) is 0 Å². The van der Waals surface area contributed by atoms with E-state index in [1.807, 2.05) is 25.1 Å². The van der Waals surface area contributed by atoms with Gasteiger partial charge in [0.05, 0.1) is 0 Å². The molecule has 1 fully saturated rings. The zero-order valence-electron chi connectivity index (χ0n) is 13.0. The zero-order valence-corrected chi connectivity index (χ0v) is 13.0. The summed E-state index contributed by atoms with van der Waals surface area (Å²) in [5.41, 5.74) is 2.06. The Hall–Kier alpha value is -2.87. The Balaban J connectivity index is 1.74. The van der Waals surface area contributed by atoms with E-state index in [0.717, 1.165) is 17.7 Å². The maximum Gasteiger partial charge on any atom is 0.237 e. The molecule has 2 atom stereocenters. The van der Waals surface area contributed by atoms with Crippen LogP contribution in [0.4, 0.5) is 5.69 Å². The molecule has 3 rings (SSSR count). The van der Waals surface area contributed by atoms with E-state index in [1.165, 1.54) is 0 Å². The van der Waals surface area contributed by atoms with Crippen molar-refractivity contribution < 1.29 is 9.53 Å². The van der Waals surface area contributed by atoms with Crippen molar-refractivity contribution in [2.24, 2.45) is 11.8 Å². The second-order valence-electron chi connectivity index (χ2n) is 5.86. The molecule has 1 aliphatic rings. The van der Waals surface area contributed by atoms with Crippen molar-refractivity contribution in [1.82, 2.24) is 4.98 Å². The lowest BCUT2D eigenvalue weighted by molar-refractivity contribution is -0.117. The lowest BCUT2D eigenvalue weighted by atomic mass is 10.2. The van der Waals surface area contributed by atoms with Crippen molar-refractivity contribution in [3.05, 3.63) is 47.7 Å². The topological polar surface area (TPSA) is 75.0 Å². The van der Waals surface area contributed by atoms with Gasteiger partial charge in [0.15, 0.2) is 0 Å². The third kappa shape index (κ3) is 3.32. The number of benzene rings is 1. The Morgan fingerprint density at radius 1 is 1.43 bits per heavy atom. The number of carbonyl (C=O) groups excluding carboxylic acids is 1. The van der Waals surface area contributed by atoms with Crippen LogP contribution in [-0.4, -0.2) is 10.9 Å². The number of carbonyl (C=O) groups is 1. The van der Waals surface area contributed by atoms with E-state index >= 15 is 0 Å². The van der Waals surface area contributed by atoms with Gasteiger partial charge in [-0.3, -0.25) is 4.79 Å². The molecule has 0 bridgehead atoms. The lowest BCUT2D eigenvalue weighted by Gasteiger charge is -2.11. The summed E-state index contributed by atoms with van der Waals surface area (Å²) in [4.78, 5) is 16.1. The molecule has 1 saturated carbocycles. The second-order valence-corrected chi connectivity index (χ2v) is 5.86. The fraction of sp³-hybridized carbons (Fsp3) is 0.278. The summed E-state index contributed by atoms with van der Waals surface area (Å²) in [6.45, 7) is 3.98. The summed E-state index contributed by atoms with van der Waals surface area (Å²) in [6.07, 6.45) is 2.54. The number of rotatable bonds is 4. The number of aromatic nitrogens is 1. The minimum atomic E-state index is 0.0748. The zero-order chi connectivity index (χ0) is 16.4. The average molecular weight is 307 g/mol. The Morgan fingerprint density at radius 3 is 2.87 bits per heavy atom. The summed E-state index contributed by atoms with van der Waals surface area (Å²) in [6, 6.07) is 10.8. The van der Waals surface area contributed by atoms with Crippen LogP contribution in [0.2, 0.25) is 0 Å². The van der Waals surface area contributed by atoms with Crippen molar-refractivity contribution in [3.8, 4) is 17.7 Å². The predicted octanol–water partition coefficient (Wildman–Crippen LogP) is 3.65. The number of aryl methyl sites for hydroxylation is 1. The summed E-state index contributed by atoms with van der Waals surface area (Å²) in [5.74, 6) is 1.54. The first-order valence-corrected chi connectivity index (χ1v) is 7.53. The van der Waals surface area contributed by atoms with E-state index < -0.39 is 0 Å². The van der Waals surface area contributed by atoms with E-state index in [4.69, 9.17) is 10.00 Å². The fourth-order valence-corrected chi connectivity index (χ4v) is 2.42. The first-order valence-electron chi connectivity index (χ1n) is 7.53. The molecule has 0 radical (unpaired) electrons. The van der Waals surface area contributed by atoms with Gasteiger partial charge in [0.1, 0.15) is 17.4 Å². The van der Waals surface area contributed by atoms with Gasteiger partial charge in [-0.25, -0.2) is 4.98 Å². The van der Waals surface area contributed by atoms with Crippen LogP contribution >= 0.6 is 0 Å². The average Bonchev–Trinajstić information content (AvgIpc) is 3.27. The van der Waals surface area contributed by atoms with Crippen LogP contribution in [0.25, 0.3) is 0 Å². The molecule has 1 heterocycles. The van der Waals surface area contributed by atoms with Crippen LogP contribution in [0.1, 0.15) is 24.5 Å². The largest absolute Gasteiger partial charge is 0.438 e. The molecule has 116 valence electrons. The van der Waals surface area contributed by atoms with E-state index in [9.17, 15) is 4.79 Å². The van der Waals surface area contributed by atoms with E-state index in [-0.39, 0.29) is 17.7 Å². The highest BCUT2D eigenvalue weighted by molar-refractivity contribution is 5.95. The fourth-order valence-electron chi connectivity index (χ4n) is 2.42. The quantitative estimate of drug-likeness (QED) is 0.935. The van der Waals surface area contributed by atoms with Crippen LogP contribution in [0.15, 0.2) is 36.5 Å². The number of amides is 1. The van der Waals surface area contributed by atoms with Gasteiger partial charge in [0, 0.05) is 17.8 Å². The normalized spacial score (nSPS) is 18.8. The van der Waals surface area contributed by atoms with E-state index in [2.05, 4.69) is 17.2 Å². The number of hydrogen-bond donors (Lipinski definition) is 1. The van der Waals surface area contributed by atoms with Gasteiger partial charge in [-0.05, 0) is 55.2 Å². The molecule has 0 aliphatic heterocycles. The molecule has 0 saturated heterocycles. The second kappa shape index (κ2) is 6.09. The molecule has 23 heavy (non-hydrogen) atoms. The molecular formula is C18H17N3O2. The Kier molecular flexibility index (Phi) is 3.98. The van der Waals surface area contributed by atoms with Crippen LogP contribution in [0, 0.1) is 30.1 Å². The van der Waals surface area contributed by atoms with Crippen LogP contribution in [-0.2, 0) is 4.79 Å². The highest BCUT2D eigenvalue weighted by Crippen LogP contribution is 2.38. The molecular weight excluding hydrogens is 290 g/mol. The highest BCUT2D eigenvalue weighted by Gasteiger charge is 2.39. The van der Waals surface area contributed by atoms with Gasteiger partial charge in [-0.2, -0.15) is 5.26 Å². The molecule has 1 aromatic heterocycles. The molecule has 1 amide bonds. The number of pyridine rings is 1. The summed E-state index contributed by atoms with van der Waals surface area (Å²) >= 11 is 0. The van der Waals surface area contributed by atoms with Crippen molar-refractivity contribution in [1.29, 1.82) is 5.26 Å². The van der Waals surface area contributed by atoms with Crippen molar-refractivity contribution in [2.45, 2.75) is 20.3 Å². The highest BCUT2D eigenvalue weighted by atomic mass is 16.5. The van der Waals surface area contributed by atoms with E-state index in [0.29, 0.717) is 17.2 Å². The summed E-state index contributed by atoms with van der Waals surface area (Å²) in [7, 11) is 0. The Morgan fingerprint density at radius 2 is 2.22 bits per heavy atom. The summed E-state index contributed by atoms with van der Waals surface area (Å²) in [5, 5.41) is 12.0. The standard InChI is InChI=1S/C18H17N3O2/c1-11-9-15(11)17(22)21-16-6-5-14(8-12(16)2)23-18-13(10-19)4-3-7-20-18/h3-8,11,15H,9H2,1-2H3,(H,21,22)/t11-,15-/m1/s1. The molecule has 2 aromatic rings. The first-order chi connectivity index (χ1) is 11.1. The summed E-state index contributed by atoms with van der Waals surface area (Å²) < 4.78 is 5.67. The molecule has 0 spiro atoms. The van der Waals surface area contributed by atoms with Crippen LogP contribution in [0.5, 0.6) is 11.6 Å². The first kappa shape index (κ1) is 15.0. The monoisotopic (exact) mass is 307 g/mol. The van der Waals surface area contributed by atoms with Gasteiger partial charge in [0.2, 0.25) is 11.8 Å². The molecule has 1 aromatic carbocycles. The van der Waals surface area contributed by atoms with E-state index in [1.54, 1.807) is 24.4 Å². The molecule has 5 heteroatoms. The van der Waals surface area contributed by atoms with Gasteiger partial charge in [0.25, 0.3) is 0 Å². The Labute approximate surface area is 134 Å². The van der Waals surface area contributed by atoms with Crippen molar-refractivity contribution in [3.63, 3.8) is 0 Å². The number of hydrogen-bond acceptors (Lipinski definition) is 4. The molecule has 0 unspecified atom stereocenters. The molecule has 1 N–H and O–H groups in total. The van der Waals surface area contributed by atoms with Gasteiger partial charge >= 0.3 is 0 Å². The smallest absolute Gasteiger partial charge is 0.237 e. The maximum atomic E-state index is 12.0. The predicted molar refractivity (Wildman–Crippen MR) is 86.1 cm³/mol. The number of nitrogens with one attached hydrogen (secondary N) is 1. The maximum absolute atomic E-state index is 12.0.